The highest BCUT2D eigenvalue weighted by Gasteiger charge is 2.15. The number of benzene rings is 2. The highest BCUT2D eigenvalue weighted by atomic mass is 79.9. The summed E-state index contributed by atoms with van der Waals surface area (Å²) >= 11 is 3.41. The quantitative estimate of drug-likeness (QED) is 0.602. The second-order valence-electron chi connectivity index (χ2n) is 6.07. The summed E-state index contributed by atoms with van der Waals surface area (Å²) in [5, 5.41) is 20.5. The maximum absolute atomic E-state index is 12.8. The second kappa shape index (κ2) is 7.70. The van der Waals surface area contributed by atoms with E-state index in [0.717, 1.165) is 17.7 Å². The standard InChI is InChI=1S/C19H19BrN4O2/c1-3-12(2)13-4-7-18(25)17(8-13)23-19(26)15-9-14(5-6-16(15)20)24-10-21-22-11-24/h4-12,25H,3H2,1-2H3,(H,23,26)/t12-/m0/s1. The average molecular weight is 415 g/mol. The SMILES string of the molecule is CC[C@H](C)c1ccc(O)c(NC(=O)c2cc(-n3cnnc3)ccc2Br)c1. The van der Waals surface area contributed by atoms with Gasteiger partial charge in [-0.05, 0) is 64.2 Å². The number of halogens is 1. The highest BCUT2D eigenvalue weighted by molar-refractivity contribution is 9.10. The van der Waals surface area contributed by atoms with E-state index < -0.39 is 0 Å². The summed E-state index contributed by atoms with van der Waals surface area (Å²) < 4.78 is 2.37. The number of hydrogen-bond acceptors (Lipinski definition) is 4. The third-order valence-electron chi connectivity index (χ3n) is 4.36. The Morgan fingerprint density at radius 1 is 1.23 bits per heavy atom. The Kier molecular flexibility index (Phi) is 5.37. The van der Waals surface area contributed by atoms with Crippen LogP contribution in [0.5, 0.6) is 5.75 Å². The molecule has 0 saturated heterocycles. The Morgan fingerprint density at radius 3 is 2.65 bits per heavy atom. The third-order valence-corrected chi connectivity index (χ3v) is 5.05. The zero-order valence-corrected chi connectivity index (χ0v) is 16.1. The van der Waals surface area contributed by atoms with Gasteiger partial charge in [0, 0.05) is 10.2 Å². The number of aromatic hydroxyl groups is 1. The number of phenolic OH excluding ortho intramolecular Hbond substituents is 1. The number of amides is 1. The number of carbonyl (C=O) groups excluding carboxylic acids is 1. The molecule has 2 aromatic carbocycles. The summed E-state index contributed by atoms with van der Waals surface area (Å²) in [6.45, 7) is 4.21. The van der Waals surface area contributed by atoms with Gasteiger partial charge in [-0.2, -0.15) is 0 Å². The van der Waals surface area contributed by atoms with Crippen LogP contribution in [0.1, 0.15) is 42.1 Å². The van der Waals surface area contributed by atoms with Crippen molar-refractivity contribution in [3.63, 3.8) is 0 Å². The van der Waals surface area contributed by atoms with Crippen LogP contribution in [0.4, 0.5) is 5.69 Å². The van der Waals surface area contributed by atoms with Crippen molar-refractivity contribution < 1.29 is 9.90 Å². The Labute approximate surface area is 160 Å². The first-order valence-electron chi connectivity index (χ1n) is 8.28. The minimum Gasteiger partial charge on any atom is -0.506 e. The number of aromatic nitrogens is 3. The fourth-order valence-electron chi connectivity index (χ4n) is 2.57. The van der Waals surface area contributed by atoms with Crippen LogP contribution in [0, 0.1) is 0 Å². The fourth-order valence-corrected chi connectivity index (χ4v) is 2.99. The van der Waals surface area contributed by atoms with Crippen LogP contribution in [0.3, 0.4) is 0 Å². The van der Waals surface area contributed by atoms with Crippen LogP contribution < -0.4 is 5.32 Å². The Balaban J connectivity index is 1.90. The minimum atomic E-state index is -0.316. The van der Waals surface area contributed by atoms with E-state index in [9.17, 15) is 9.90 Å². The molecule has 0 aliphatic carbocycles. The Hall–Kier alpha value is -2.67. The van der Waals surface area contributed by atoms with E-state index in [2.05, 4.69) is 45.3 Å². The number of nitrogens with one attached hydrogen (secondary N) is 1. The van der Waals surface area contributed by atoms with Gasteiger partial charge in [0.25, 0.3) is 5.91 Å². The average Bonchev–Trinajstić information content (AvgIpc) is 3.18. The largest absolute Gasteiger partial charge is 0.506 e. The predicted molar refractivity (Wildman–Crippen MR) is 104 cm³/mol. The number of carbonyl (C=O) groups is 1. The van der Waals surface area contributed by atoms with Gasteiger partial charge in [0.1, 0.15) is 18.4 Å². The summed E-state index contributed by atoms with van der Waals surface area (Å²) in [4.78, 5) is 12.8. The predicted octanol–water partition coefficient (Wildman–Crippen LogP) is 4.50. The van der Waals surface area contributed by atoms with Crippen molar-refractivity contribution in [3.05, 3.63) is 64.7 Å². The molecule has 7 heteroatoms. The lowest BCUT2D eigenvalue weighted by molar-refractivity contribution is 0.102. The first kappa shape index (κ1) is 18.1. The van der Waals surface area contributed by atoms with Gasteiger partial charge in [-0.3, -0.25) is 9.36 Å². The van der Waals surface area contributed by atoms with Gasteiger partial charge in [-0.15, -0.1) is 10.2 Å². The zero-order valence-electron chi connectivity index (χ0n) is 14.5. The maximum Gasteiger partial charge on any atom is 0.256 e. The molecule has 0 aliphatic rings. The van der Waals surface area contributed by atoms with Crippen LogP contribution in [0.25, 0.3) is 5.69 Å². The lowest BCUT2D eigenvalue weighted by atomic mass is 9.98. The van der Waals surface area contributed by atoms with Crippen LogP contribution in [0.15, 0.2) is 53.5 Å². The van der Waals surface area contributed by atoms with Gasteiger partial charge in [0.2, 0.25) is 0 Å². The molecule has 2 N–H and O–H groups in total. The summed E-state index contributed by atoms with van der Waals surface area (Å²) in [6.07, 6.45) is 4.10. The van der Waals surface area contributed by atoms with Crippen molar-refractivity contribution in [2.45, 2.75) is 26.2 Å². The molecule has 1 atom stereocenters. The van der Waals surface area contributed by atoms with E-state index in [4.69, 9.17) is 0 Å². The van der Waals surface area contributed by atoms with E-state index in [1.807, 2.05) is 18.2 Å². The summed E-state index contributed by atoms with van der Waals surface area (Å²) in [5.41, 5.74) is 2.68. The lowest BCUT2D eigenvalue weighted by Gasteiger charge is -2.14. The molecule has 0 unspecified atom stereocenters. The van der Waals surface area contributed by atoms with E-state index in [1.54, 1.807) is 35.4 Å². The molecule has 3 rings (SSSR count). The van der Waals surface area contributed by atoms with Crippen LogP contribution in [-0.4, -0.2) is 25.8 Å². The molecule has 1 aromatic heterocycles. The molecule has 1 amide bonds. The molecule has 0 aliphatic heterocycles. The van der Waals surface area contributed by atoms with Crippen LogP contribution in [0.2, 0.25) is 0 Å². The van der Waals surface area contributed by atoms with Gasteiger partial charge in [-0.25, -0.2) is 0 Å². The van der Waals surface area contributed by atoms with Crippen molar-refractivity contribution in [2.75, 3.05) is 5.32 Å². The first-order chi connectivity index (χ1) is 12.5. The van der Waals surface area contributed by atoms with Crippen molar-refractivity contribution >= 4 is 27.5 Å². The summed E-state index contributed by atoms with van der Waals surface area (Å²) in [5.74, 6) is 0.0648. The molecular formula is C19H19BrN4O2. The van der Waals surface area contributed by atoms with E-state index in [0.29, 0.717) is 21.6 Å². The van der Waals surface area contributed by atoms with Gasteiger partial charge in [0.15, 0.2) is 0 Å². The van der Waals surface area contributed by atoms with Crippen molar-refractivity contribution in [1.29, 1.82) is 0 Å². The molecule has 3 aromatic rings. The molecule has 0 spiro atoms. The second-order valence-corrected chi connectivity index (χ2v) is 6.93. The van der Waals surface area contributed by atoms with Crippen LogP contribution >= 0.6 is 15.9 Å². The molecule has 6 nitrogen and oxygen atoms in total. The van der Waals surface area contributed by atoms with Gasteiger partial charge >= 0.3 is 0 Å². The molecule has 0 radical (unpaired) electrons. The monoisotopic (exact) mass is 414 g/mol. The van der Waals surface area contributed by atoms with Crippen molar-refractivity contribution in [1.82, 2.24) is 14.8 Å². The van der Waals surface area contributed by atoms with E-state index in [1.165, 1.54) is 0 Å². The maximum atomic E-state index is 12.8. The number of rotatable bonds is 5. The Morgan fingerprint density at radius 2 is 1.96 bits per heavy atom. The number of nitrogens with zero attached hydrogens (tertiary/aromatic N) is 3. The van der Waals surface area contributed by atoms with Crippen molar-refractivity contribution in [2.24, 2.45) is 0 Å². The van der Waals surface area contributed by atoms with Crippen LogP contribution in [-0.2, 0) is 0 Å². The molecule has 0 saturated carbocycles. The first-order valence-corrected chi connectivity index (χ1v) is 9.07. The highest BCUT2D eigenvalue weighted by Crippen LogP contribution is 2.30. The summed E-state index contributed by atoms with van der Waals surface area (Å²) in [6, 6.07) is 10.7. The number of phenols is 1. The number of anilines is 1. The Bertz CT molecular complexity index is 925. The molecular weight excluding hydrogens is 396 g/mol. The van der Waals surface area contributed by atoms with Crippen molar-refractivity contribution in [3.8, 4) is 11.4 Å². The van der Waals surface area contributed by atoms with Gasteiger partial charge < -0.3 is 10.4 Å². The third kappa shape index (κ3) is 3.77. The molecule has 0 bridgehead atoms. The molecule has 0 fully saturated rings. The molecule has 134 valence electrons. The van der Waals surface area contributed by atoms with Gasteiger partial charge in [-0.1, -0.05) is 19.9 Å². The summed E-state index contributed by atoms with van der Waals surface area (Å²) in [7, 11) is 0. The fraction of sp³-hybridized carbons (Fsp3) is 0.211. The topological polar surface area (TPSA) is 80.0 Å². The minimum absolute atomic E-state index is 0.0384. The molecule has 1 heterocycles. The van der Waals surface area contributed by atoms with E-state index in [-0.39, 0.29) is 11.7 Å². The zero-order chi connectivity index (χ0) is 18.7. The molecule has 26 heavy (non-hydrogen) atoms. The van der Waals surface area contributed by atoms with E-state index >= 15 is 0 Å². The smallest absolute Gasteiger partial charge is 0.256 e. The normalized spacial score (nSPS) is 12.0. The van der Waals surface area contributed by atoms with Gasteiger partial charge in [0.05, 0.1) is 11.3 Å². The number of hydrogen-bond donors (Lipinski definition) is 2. The lowest BCUT2D eigenvalue weighted by Crippen LogP contribution is -2.13.